The summed E-state index contributed by atoms with van der Waals surface area (Å²) in [6.07, 6.45) is -0.631. The molecule has 0 bridgehead atoms. The van der Waals surface area contributed by atoms with Crippen LogP contribution in [0.4, 0.5) is 8.78 Å². The third kappa shape index (κ3) is 3.04. The molecule has 1 aromatic carbocycles. The molecule has 1 saturated heterocycles. The van der Waals surface area contributed by atoms with Crippen LogP contribution in [0.5, 0.6) is 0 Å². The normalized spacial score (nSPS) is 22.0. The number of rotatable bonds is 3. The monoisotopic (exact) mass is 415 g/mol. The summed E-state index contributed by atoms with van der Waals surface area (Å²) in [5.74, 6) is -0.397. The zero-order valence-corrected chi connectivity index (χ0v) is 16.1. The van der Waals surface area contributed by atoms with Crippen molar-refractivity contribution in [2.75, 3.05) is 12.7 Å². The van der Waals surface area contributed by atoms with Crippen LogP contribution in [0.1, 0.15) is 28.0 Å². The number of carbonyl (C=O) groups is 1. The Kier molecular flexibility index (Phi) is 4.54. The van der Waals surface area contributed by atoms with E-state index in [0.717, 1.165) is 22.1 Å². The van der Waals surface area contributed by atoms with Crippen LogP contribution < -0.4 is 0 Å². The first-order chi connectivity index (χ1) is 12.4. The van der Waals surface area contributed by atoms with Gasteiger partial charge < -0.3 is 4.90 Å². The van der Waals surface area contributed by atoms with E-state index in [-0.39, 0.29) is 11.3 Å². The second-order valence-corrected chi connectivity index (χ2v) is 9.67. The van der Waals surface area contributed by atoms with Gasteiger partial charge in [-0.2, -0.15) is 5.10 Å². The molecule has 1 aromatic heterocycles. The molecule has 2 aliphatic rings. The molecular weight excluding hydrogens is 402 g/mol. The third-order valence-electron chi connectivity index (χ3n) is 4.52. The first-order valence-electron chi connectivity index (χ1n) is 7.90. The number of alkyl halides is 2. The van der Waals surface area contributed by atoms with E-state index in [9.17, 15) is 13.6 Å². The van der Waals surface area contributed by atoms with Gasteiger partial charge in [-0.1, -0.05) is 35.3 Å². The highest BCUT2D eigenvalue weighted by molar-refractivity contribution is 7.72. The van der Waals surface area contributed by atoms with E-state index in [0.29, 0.717) is 11.6 Å². The Morgan fingerprint density at radius 1 is 1.31 bits per heavy atom. The number of amides is 1. The van der Waals surface area contributed by atoms with Crippen molar-refractivity contribution in [1.82, 2.24) is 14.7 Å². The molecule has 1 fully saturated rings. The van der Waals surface area contributed by atoms with Crippen molar-refractivity contribution >= 4 is 42.6 Å². The van der Waals surface area contributed by atoms with Gasteiger partial charge in [0.15, 0.2) is 0 Å². The number of halogens is 4. The van der Waals surface area contributed by atoms with Gasteiger partial charge in [-0.15, -0.1) is 0 Å². The number of fused-ring (bicyclic) bond motifs is 1. The van der Waals surface area contributed by atoms with E-state index in [1.807, 2.05) is 12.1 Å². The Bertz CT molecular complexity index is 913. The van der Waals surface area contributed by atoms with Crippen LogP contribution in [0.3, 0.4) is 0 Å². The highest BCUT2D eigenvalue weighted by Gasteiger charge is 2.50. The fourth-order valence-electron chi connectivity index (χ4n) is 3.18. The standard InChI is InChI=1S/C17H14Cl2F2N3OP/c1-23-6-12(14(22-23)16(20)21)17(25)24-7-11(15(19)26-8-13(24)26)9-2-4-10(18)5-3-9/h2-6,13,16H,7-8H2,1H3. The maximum atomic E-state index is 13.2. The lowest BCUT2D eigenvalue weighted by Gasteiger charge is -2.29. The van der Waals surface area contributed by atoms with Crippen LogP contribution in [0.2, 0.25) is 5.02 Å². The van der Waals surface area contributed by atoms with Gasteiger partial charge in [-0.25, -0.2) is 8.78 Å². The smallest absolute Gasteiger partial charge is 0.282 e. The average Bonchev–Trinajstić information content (AvgIpc) is 3.31. The van der Waals surface area contributed by atoms with Crippen LogP contribution in [0, 0.1) is 0 Å². The molecule has 9 heteroatoms. The van der Waals surface area contributed by atoms with Gasteiger partial charge in [0.25, 0.3) is 12.3 Å². The Morgan fingerprint density at radius 2 is 2.00 bits per heavy atom. The molecule has 4 nitrogen and oxygen atoms in total. The van der Waals surface area contributed by atoms with Gasteiger partial charge >= 0.3 is 0 Å². The number of carbonyl (C=O) groups excluding carboxylic acids is 1. The number of hydrogen-bond acceptors (Lipinski definition) is 2. The Balaban J connectivity index is 1.67. The number of nitrogens with zero attached hydrogens (tertiary/aromatic N) is 3. The Morgan fingerprint density at radius 3 is 2.65 bits per heavy atom. The van der Waals surface area contributed by atoms with Crippen LogP contribution in [0.15, 0.2) is 35.2 Å². The molecule has 3 heterocycles. The minimum absolute atomic E-state index is 0.0202. The summed E-state index contributed by atoms with van der Waals surface area (Å²) < 4.78 is 28.5. The average molecular weight is 416 g/mol. The predicted molar refractivity (Wildman–Crippen MR) is 99.0 cm³/mol. The molecule has 1 amide bonds. The number of aryl methyl sites for hydroxylation is 1. The lowest BCUT2D eigenvalue weighted by molar-refractivity contribution is 0.0766. The van der Waals surface area contributed by atoms with Gasteiger partial charge in [0, 0.05) is 29.6 Å². The van der Waals surface area contributed by atoms with Crippen molar-refractivity contribution in [3.05, 3.63) is 57.1 Å². The van der Waals surface area contributed by atoms with Gasteiger partial charge in [0.2, 0.25) is 0 Å². The fourth-order valence-corrected chi connectivity index (χ4v) is 6.21. The van der Waals surface area contributed by atoms with E-state index >= 15 is 0 Å². The van der Waals surface area contributed by atoms with Gasteiger partial charge in [0.05, 0.1) is 11.3 Å². The van der Waals surface area contributed by atoms with Crippen molar-refractivity contribution in [3.8, 4) is 0 Å². The molecule has 4 rings (SSSR count). The summed E-state index contributed by atoms with van der Waals surface area (Å²) in [6, 6.07) is 7.25. The molecule has 26 heavy (non-hydrogen) atoms. The Hall–Kier alpha value is -1.49. The van der Waals surface area contributed by atoms with E-state index < -0.39 is 25.9 Å². The second-order valence-electron chi connectivity index (χ2n) is 6.24. The Labute approximate surface area is 160 Å². The summed E-state index contributed by atoms with van der Waals surface area (Å²) in [7, 11) is 0.892. The molecule has 2 aliphatic heterocycles. The second kappa shape index (κ2) is 6.59. The SMILES string of the molecule is Cn1cc(C(=O)N2CC(c3ccc(Cl)cc3)=C(Cl)P3CC23)c(C(F)F)n1. The maximum absolute atomic E-state index is 13.2. The largest absolute Gasteiger partial charge is 0.327 e. The summed E-state index contributed by atoms with van der Waals surface area (Å²) in [5, 5.41) is 4.35. The van der Waals surface area contributed by atoms with Crippen molar-refractivity contribution in [1.29, 1.82) is 0 Å². The van der Waals surface area contributed by atoms with Crippen LogP contribution >= 0.6 is 31.1 Å². The van der Waals surface area contributed by atoms with Crippen molar-refractivity contribution in [2.24, 2.45) is 7.05 Å². The lowest BCUT2D eigenvalue weighted by atomic mass is 10.1. The van der Waals surface area contributed by atoms with E-state index in [4.69, 9.17) is 23.2 Å². The first-order valence-corrected chi connectivity index (χ1v) is 10.3. The number of benzene rings is 1. The zero-order valence-electron chi connectivity index (χ0n) is 13.7. The maximum Gasteiger partial charge on any atom is 0.282 e. The van der Waals surface area contributed by atoms with Crippen LogP contribution in [-0.2, 0) is 7.05 Å². The predicted octanol–water partition coefficient (Wildman–Crippen LogP) is 4.90. The van der Waals surface area contributed by atoms with Gasteiger partial charge in [-0.3, -0.25) is 9.48 Å². The summed E-state index contributed by atoms with van der Waals surface area (Å²) >= 11 is 12.5. The molecule has 0 saturated carbocycles. The third-order valence-corrected chi connectivity index (χ3v) is 7.88. The van der Waals surface area contributed by atoms with E-state index in [2.05, 4.69) is 5.10 Å². The van der Waals surface area contributed by atoms with Crippen molar-refractivity contribution < 1.29 is 13.6 Å². The van der Waals surface area contributed by atoms with Crippen molar-refractivity contribution in [2.45, 2.75) is 12.2 Å². The molecule has 0 aliphatic carbocycles. The summed E-state index contributed by atoms with van der Waals surface area (Å²) in [6.45, 7) is 0.292. The van der Waals surface area contributed by atoms with E-state index in [1.165, 1.54) is 17.9 Å². The quantitative estimate of drug-likeness (QED) is 0.668. The minimum atomic E-state index is -2.80. The van der Waals surface area contributed by atoms with Gasteiger partial charge in [-0.05, 0) is 37.4 Å². The molecule has 2 atom stereocenters. The number of aromatic nitrogens is 2. The fraction of sp³-hybridized carbons (Fsp3) is 0.294. The van der Waals surface area contributed by atoms with Crippen LogP contribution in [0.25, 0.3) is 5.57 Å². The lowest BCUT2D eigenvalue weighted by Crippen LogP contribution is -2.36. The zero-order chi connectivity index (χ0) is 18.6. The topological polar surface area (TPSA) is 38.1 Å². The van der Waals surface area contributed by atoms with Crippen molar-refractivity contribution in [3.63, 3.8) is 0 Å². The number of hydrogen-bond donors (Lipinski definition) is 0. The molecular formula is C17H14Cl2F2N3OP. The molecule has 0 spiro atoms. The first kappa shape index (κ1) is 17.9. The molecule has 2 unspecified atom stereocenters. The van der Waals surface area contributed by atoms with E-state index in [1.54, 1.807) is 17.0 Å². The highest BCUT2D eigenvalue weighted by atomic mass is 35.5. The minimum Gasteiger partial charge on any atom is -0.327 e. The van der Waals surface area contributed by atoms with Crippen LogP contribution in [-0.4, -0.2) is 39.1 Å². The van der Waals surface area contributed by atoms with Gasteiger partial charge in [0.1, 0.15) is 5.69 Å². The summed E-state index contributed by atoms with van der Waals surface area (Å²) in [5.41, 5.74) is 1.23. The molecule has 0 radical (unpaired) electrons. The molecule has 2 aromatic rings. The molecule has 136 valence electrons. The molecule has 0 N–H and O–H groups in total. The highest BCUT2D eigenvalue weighted by Crippen LogP contribution is 2.71. The summed E-state index contributed by atoms with van der Waals surface area (Å²) in [4.78, 5) is 14.6.